The minimum atomic E-state index is -4.57. The van der Waals surface area contributed by atoms with E-state index in [4.69, 9.17) is 16.9 Å². The molecule has 0 aliphatic carbocycles. The summed E-state index contributed by atoms with van der Waals surface area (Å²) in [6.07, 6.45) is -4.57. The maximum atomic E-state index is 12.8. The summed E-state index contributed by atoms with van der Waals surface area (Å²) >= 11 is 5.80. The van der Waals surface area contributed by atoms with Gasteiger partial charge in [0.25, 0.3) is 0 Å². The van der Waals surface area contributed by atoms with Crippen molar-refractivity contribution in [2.75, 3.05) is 5.32 Å². The number of nitrogens with zero attached hydrogens (tertiary/aromatic N) is 1. The number of rotatable bonds is 2. The third-order valence-electron chi connectivity index (χ3n) is 2.56. The summed E-state index contributed by atoms with van der Waals surface area (Å²) in [5.74, 6) is 0. The first kappa shape index (κ1) is 14.2. The highest BCUT2D eigenvalue weighted by molar-refractivity contribution is 6.30. The van der Waals surface area contributed by atoms with E-state index in [1.165, 1.54) is 12.1 Å². The lowest BCUT2D eigenvalue weighted by molar-refractivity contribution is -0.137. The molecule has 2 nitrogen and oxygen atoms in total. The number of alkyl halides is 3. The SMILES string of the molecule is N#Cc1ccc(Nc2cccc(Cl)c2)cc1C(F)(F)F. The van der Waals surface area contributed by atoms with Gasteiger partial charge < -0.3 is 5.32 Å². The van der Waals surface area contributed by atoms with Gasteiger partial charge in [0.05, 0.1) is 17.2 Å². The van der Waals surface area contributed by atoms with Crippen LogP contribution in [-0.4, -0.2) is 0 Å². The van der Waals surface area contributed by atoms with Crippen LogP contribution >= 0.6 is 11.6 Å². The van der Waals surface area contributed by atoms with E-state index in [9.17, 15) is 13.2 Å². The Morgan fingerprint density at radius 1 is 1.05 bits per heavy atom. The molecule has 0 fully saturated rings. The zero-order valence-electron chi connectivity index (χ0n) is 10.0. The van der Waals surface area contributed by atoms with E-state index in [1.54, 1.807) is 24.3 Å². The molecule has 0 saturated carbocycles. The lowest BCUT2D eigenvalue weighted by atomic mass is 10.1. The summed E-state index contributed by atoms with van der Waals surface area (Å²) in [5, 5.41) is 12.0. The molecule has 0 heterocycles. The number of hydrogen-bond acceptors (Lipinski definition) is 2. The van der Waals surface area contributed by atoms with Gasteiger partial charge in [-0.1, -0.05) is 17.7 Å². The highest BCUT2D eigenvalue weighted by atomic mass is 35.5. The van der Waals surface area contributed by atoms with E-state index < -0.39 is 17.3 Å². The van der Waals surface area contributed by atoms with Crippen LogP contribution in [0.1, 0.15) is 11.1 Å². The van der Waals surface area contributed by atoms with Gasteiger partial charge in [-0.2, -0.15) is 18.4 Å². The van der Waals surface area contributed by atoms with E-state index >= 15 is 0 Å². The van der Waals surface area contributed by atoms with Crippen LogP contribution in [0.25, 0.3) is 0 Å². The molecule has 0 unspecified atom stereocenters. The van der Waals surface area contributed by atoms with E-state index in [-0.39, 0.29) is 5.69 Å². The Hall–Kier alpha value is -2.19. The molecule has 1 N–H and O–H groups in total. The Balaban J connectivity index is 2.37. The molecule has 0 saturated heterocycles. The fourth-order valence-corrected chi connectivity index (χ4v) is 1.88. The molecular weight excluding hydrogens is 289 g/mol. The minimum Gasteiger partial charge on any atom is -0.355 e. The van der Waals surface area contributed by atoms with Crippen molar-refractivity contribution in [2.24, 2.45) is 0 Å². The van der Waals surface area contributed by atoms with Gasteiger partial charge in [-0.15, -0.1) is 0 Å². The second kappa shape index (κ2) is 5.43. The first-order valence-corrected chi connectivity index (χ1v) is 5.92. The van der Waals surface area contributed by atoms with Crippen molar-refractivity contribution in [3.05, 3.63) is 58.6 Å². The van der Waals surface area contributed by atoms with Crippen molar-refractivity contribution in [1.29, 1.82) is 5.26 Å². The molecule has 0 aromatic heterocycles. The Bertz CT molecular complexity index is 675. The quantitative estimate of drug-likeness (QED) is 0.849. The molecule has 2 aromatic carbocycles. The third-order valence-corrected chi connectivity index (χ3v) is 2.79. The molecule has 6 heteroatoms. The minimum absolute atomic E-state index is 0.235. The summed E-state index contributed by atoms with van der Waals surface area (Å²) in [6.45, 7) is 0. The third kappa shape index (κ3) is 3.22. The van der Waals surface area contributed by atoms with Gasteiger partial charge in [0, 0.05) is 16.4 Å². The fraction of sp³-hybridized carbons (Fsp3) is 0.0714. The number of anilines is 2. The average molecular weight is 297 g/mol. The molecule has 0 spiro atoms. The van der Waals surface area contributed by atoms with Crippen LogP contribution in [0.4, 0.5) is 24.5 Å². The molecule has 0 atom stereocenters. The molecule has 0 bridgehead atoms. The monoisotopic (exact) mass is 296 g/mol. The van der Waals surface area contributed by atoms with Crippen molar-refractivity contribution >= 4 is 23.0 Å². The van der Waals surface area contributed by atoms with Crippen molar-refractivity contribution in [3.63, 3.8) is 0 Å². The Labute approximate surface area is 118 Å². The number of benzene rings is 2. The fourth-order valence-electron chi connectivity index (χ4n) is 1.69. The summed E-state index contributed by atoms with van der Waals surface area (Å²) in [7, 11) is 0. The van der Waals surface area contributed by atoms with E-state index in [1.807, 2.05) is 0 Å². The zero-order chi connectivity index (χ0) is 14.8. The molecule has 2 aromatic rings. The predicted octanol–water partition coefficient (Wildman–Crippen LogP) is 4.97. The average Bonchev–Trinajstić information content (AvgIpc) is 2.37. The van der Waals surface area contributed by atoms with Gasteiger partial charge in [-0.05, 0) is 36.4 Å². The van der Waals surface area contributed by atoms with Crippen LogP contribution in [0.5, 0.6) is 0 Å². The van der Waals surface area contributed by atoms with Crippen LogP contribution in [-0.2, 0) is 6.18 Å². The largest absolute Gasteiger partial charge is 0.417 e. The highest BCUT2D eigenvalue weighted by Gasteiger charge is 2.33. The maximum Gasteiger partial charge on any atom is 0.417 e. The van der Waals surface area contributed by atoms with Crippen molar-refractivity contribution in [1.82, 2.24) is 0 Å². The summed E-state index contributed by atoms with van der Waals surface area (Å²) in [4.78, 5) is 0. The van der Waals surface area contributed by atoms with Gasteiger partial charge in [0.15, 0.2) is 0 Å². The van der Waals surface area contributed by atoms with Gasteiger partial charge in [-0.25, -0.2) is 0 Å². The number of nitrogens with one attached hydrogen (secondary N) is 1. The van der Waals surface area contributed by atoms with Crippen LogP contribution in [0.3, 0.4) is 0 Å². The molecule has 20 heavy (non-hydrogen) atoms. The van der Waals surface area contributed by atoms with Crippen molar-refractivity contribution in [2.45, 2.75) is 6.18 Å². The predicted molar refractivity (Wildman–Crippen MR) is 70.9 cm³/mol. The number of nitriles is 1. The number of halogens is 4. The molecule has 2 rings (SSSR count). The van der Waals surface area contributed by atoms with Gasteiger partial charge in [0.1, 0.15) is 0 Å². The van der Waals surface area contributed by atoms with Crippen molar-refractivity contribution in [3.8, 4) is 6.07 Å². The van der Waals surface area contributed by atoms with Crippen LogP contribution in [0, 0.1) is 11.3 Å². The van der Waals surface area contributed by atoms with Crippen molar-refractivity contribution < 1.29 is 13.2 Å². The standard InChI is InChI=1S/C14H8ClF3N2/c15-10-2-1-3-11(6-10)20-12-5-4-9(8-19)13(7-12)14(16,17)18/h1-7,20H. The van der Waals surface area contributed by atoms with Gasteiger partial charge in [0.2, 0.25) is 0 Å². The topological polar surface area (TPSA) is 35.8 Å². The van der Waals surface area contributed by atoms with E-state index in [0.717, 1.165) is 12.1 Å². The molecule has 0 aliphatic rings. The smallest absolute Gasteiger partial charge is 0.355 e. The van der Waals surface area contributed by atoms with E-state index in [2.05, 4.69) is 5.32 Å². The molecule has 0 amide bonds. The Morgan fingerprint density at radius 2 is 1.75 bits per heavy atom. The normalized spacial score (nSPS) is 10.9. The summed E-state index contributed by atoms with van der Waals surface area (Å²) in [6, 6.07) is 11.6. The van der Waals surface area contributed by atoms with Gasteiger partial charge in [-0.3, -0.25) is 0 Å². The zero-order valence-corrected chi connectivity index (χ0v) is 10.8. The lowest BCUT2D eigenvalue weighted by Crippen LogP contribution is -2.08. The highest BCUT2D eigenvalue weighted by Crippen LogP contribution is 2.34. The molecule has 0 radical (unpaired) electrons. The number of hydrogen-bond donors (Lipinski definition) is 1. The maximum absolute atomic E-state index is 12.8. The molecular formula is C14H8ClF3N2. The lowest BCUT2D eigenvalue weighted by Gasteiger charge is -2.12. The van der Waals surface area contributed by atoms with Crippen LogP contribution in [0.2, 0.25) is 5.02 Å². The molecule has 0 aliphatic heterocycles. The summed E-state index contributed by atoms with van der Waals surface area (Å²) in [5.41, 5.74) is -0.574. The Kier molecular flexibility index (Phi) is 3.86. The second-order valence-electron chi connectivity index (χ2n) is 4.01. The first-order chi connectivity index (χ1) is 9.40. The van der Waals surface area contributed by atoms with Crippen LogP contribution in [0.15, 0.2) is 42.5 Å². The first-order valence-electron chi connectivity index (χ1n) is 5.54. The molecule has 102 valence electrons. The van der Waals surface area contributed by atoms with Crippen LogP contribution < -0.4 is 5.32 Å². The van der Waals surface area contributed by atoms with E-state index in [0.29, 0.717) is 10.7 Å². The Morgan fingerprint density at radius 3 is 2.35 bits per heavy atom. The second-order valence-corrected chi connectivity index (χ2v) is 4.44. The van der Waals surface area contributed by atoms with Gasteiger partial charge >= 0.3 is 6.18 Å². The summed E-state index contributed by atoms with van der Waals surface area (Å²) < 4.78 is 38.5.